The first kappa shape index (κ1) is 17.7. The van der Waals surface area contributed by atoms with Gasteiger partial charge >= 0.3 is 6.03 Å². The summed E-state index contributed by atoms with van der Waals surface area (Å²) in [5.74, 6) is 0.0782. The van der Waals surface area contributed by atoms with Crippen molar-refractivity contribution in [1.82, 2.24) is 50.6 Å². The lowest BCUT2D eigenvalue weighted by Gasteiger charge is -2.22. The van der Waals surface area contributed by atoms with Crippen LogP contribution in [0.15, 0.2) is 30.6 Å². The number of carbonyl (C=O) groups is 2. The zero-order valence-corrected chi connectivity index (χ0v) is 15.3. The fourth-order valence-electron chi connectivity index (χ4n) is 3.14. The molecule has 0 aliphatic carbocycles. The first-order chi connectivity index (χ1) is 13.5. The standard InChI is InChI=1S/C16H18N10O2/c1-3-7-25-13(19-21-23-25)9-24-14(27)16(2,18-15(24)28)11-5-4-6-12(8-11)26-10-17-20-22-26/h4-6,8,10H,3,7,9H2,1-2H3,(H,18,28)/t16-/m1/s1. The summed E-state index contributed by atoms with van der Waals surface area (Å²) in [7, 11) is 0. The van der Waals surface area contributed by atoms with Crippen LogP contribution < -0.4 is 5.32 Å². The molecule has 3 heterocycles. The molecule has 28 heavy (non-hydrogen) atoms. The molecule has 12 heteroatoms. The van der Waals surface area contributed by atoms with Gasteiger partial charge in [0.15, 0.2) is 5.82 Å². The lowest BCUT2D eigenvalue weighted by atomic mass is 9.91. The van der Waals surface area contributed by atoms with Gasteiger partial charge in [0.05, 0.1) is 12.2 Å². The van der Waals surface area contributed by atoms with Crippen molar-refractivity contribution >= 4 is 11.9 Å². The van der Waals surface area contributed by atoms with Crippen LogP contribution >= 0.6 is 0 Å². The van der Waals surface area contributed by atoms with Gasteiger partial charge in [0.2, 0.25) is 0 Å². The number of rotatable bonds is 6. The number of aryl methyl sites for hydroxylation is 1. The number of hydrogen-bond acceptors (Lipinski definition) is 8. The van der Waals surface area contributed by atoms with Gasteiger partial charge in [0, 0.05) is 6.54 Å². The van der Waals surface area contributed by atoms with Crippen LogP contribution in [0.5, 0.6) is 0 Å². The Bertz CT molecular complexity index is 1010. The summed E-state index contributed by atoms with van der Waals surface area (Å²) < 4.78 is 3.07. The number of tetrazole rings is 2. The third-order valence-electron chi connectivity index (χ3n) is 4.65. The number of nitrogens with one attached hydrogen (secondary N) is 1. The second-order valence-corrected chi connectivity index (χ2v) is 6.57. The average Bonchev–Trinajstić information content (AvgIpc) is 3.41. The molecule has 2 aromatic heterocycles. The number of imide groups is 1. The molecule has 0 radical (unpaired) electrons. The molecule has 3 amide bonds. The van der Waals surface area contributed by atoms with Crippen molar-refractivity contribution < 1.29 is 9.59 Å². The molecule has 1 aliphatic heterocycles. The highest BCUT2D eigenvalue weighted by molar-refractivity contribution is 6.07. The molecule has 0 unspecified atom stereocenters. The highest BCUT2D eigenvalue weighted by Gasteiger charge is 2.49. The molecule has 1 aromatic carbocycles. The van der Waals surface area contributed by atoms with E-state index in [1.807, 2.05) is 6.92 Å². The van der Waals surface area contributed by atoms with Gasteiger partial charge in [-0.25, -0.2) is 14.2 Å². The Hall–Kier alpha value is -3.70. The number of urea groups is 1. The van der Waals surface area contributed by atoms with Crippen molar-refractivity contribution in [3.8, 4) is 5.69 Å². The quantitative estimate of drug-likeness (QED) is 0.589. The molecule has 1 N–H and O–H groups in total. The predicted molar refractivity (Wildman–Crippen MR) is 93.7 cm³/mol. The Morgan fingerprint density at radius 3 is 2.79 bits per heavy atom. The smallest absolute Gasteiger partial charge is 0.319 e. The van der Waals surface area contributed by atoms with Crippen LogP contribution in [-0.2, 0) is 23.4 Å². The zero-order chi connectivity index (χ0) is 19.7. The summed E-state index contributed by atoms with van der Waals surface area (Å²) in [5, 5.41) is 25.3. The van der Waals surface area contributed by atoms with Gasteiger partial charge in [-0.15, -0.1) is 10.2 Å². The summed E-state index contributed by atoms with van der Waals surface area (Å²) >= 11 is 0. The van der Waals surface area contributed by atoms with Crippen LogP contribution in [0.25, 0.3) is 5.69 Å². The topological polar surface area (TPSA) is 137 Å². The second kappa shape index (κ2) is 6.79. The highest BCUT2D eigenvalue weighted by atomic mass is 16.2. The molecular formula is C16H18N10O2. The van der Waals surface area contributed by atoms with Gasteiger partial charge < -0.3 is 5.32 Å². The summed E-state index contributed by atoms with van der Waals surface area (Å²) in [4.78, 5) is 26.8. The molecule has 4 rings (SSSR count). The number of carbonyl (C=O) groups excluding carboxylic acids is 2. The van der Waals surface area contributed by atoms with Gasteiger partial charge in [-0.3, -0.25) is 9.69 Å². The van der Waals surface area contributed by atoms with E-state index in [4.69, 9.17) is 0 Å². The fourth-order valence-corrected chi connectivity index (χ4v) is 3.14. The maximum Gasteiger partial charge on any atom is 0.325 e. The SMILES string of the molecule is CCCn1nnnc1CN1C(=O)N[C@](C)(c2cccc(-n3cnnn3)c2)C1=O. The van der Waals surface area contributed by atoms with Crippen LogP contribution in [0.1, 0.15) is 31.7 Å². The lowest BCUT2D eigenvalue weighted by Crippen LogP contribution is -2.41. The van der Waals surface area contributed by atoms with Crippen molar-refractivity contribution in [3.05, 3.63) is 42.0 Å². The Morgan fingerprint density at radius 1 is 1.18 bits per heavy atom. The normalized spacial score (nSPS) is 19.3. The van der Waals surface area contributed by atoms with Crippen LogP contribution in [0.3, 0.4) is 0 Å². The molecule has 0 spiro atoms. The van der Waals surface area contributed by atoms with Gasteiger partial charge in [-0.2, -0.15) is 0 Å². The fraction of sp³-hybridized carbons (Fsp3) is 0.375. The van der Waals surface area contributed by atoms with Gasteiger partial charge in [0.25, 0.3) is 5.91 Å². The Morgan fingerprint density at radius 2 is 2.04 bits per heavy atom. The minimum Gasteiger partial charge on any atom is -0.319 e. The van der Waals surface area contributed by atoms with Crippen molar-refractivity contribution in [3.63, 3.8) is 0 Å². The largest absolute Gasteiger partial charge is 0.325 e. The monoisotopic (exact) mass is 382 g/mol. The maximum atomic E-state index is 13.1. The lowest BCUT2D eigenvalue weighted by molar-refractivity contribution is -0.131. The van der Waals surface area contributed by atoms with E-state index in [2.05, 4.69) is 36.4 Å². The van der Waals surface area contributed by atoms with Crippen molar-refractivity contribution in [2.45, 2.75) is 38.9 Å². The van der Waals surface area contributed by atoms with Crippen LogP contribution in [-0.4, -0.2) is 57.3 Å². The number of aromatic nitrogens is 8. The third kappa shape index (κ3) is 2.88. The van der Waals surface area contributed by atoms with Crippen molar-refractivity contribution in [1.29, 1.82) is 0 Å². The summed E-state index contributed by atoms with van der Waals surface area (Å²) in [6, 6.07) is 6.63. The molecule has 1 saturated heterocycles. The molecule has 144 valence electrons. The molecule has 0 saturated carbocycles. The Labute approximate surface area is 159 Å². The van der Waals surface area contributed by atoms with Crippen LogP contribution in [0.2, 0.25) is 0 Å². The minimum atomic E-state index is -1.22. The second-order valence-electron chi connectivity index (χ2n) is 6.57. The molecule has 12 nitrogen and oxygen atoms in total. The van der Waals surface area contributed by atoms with Crippen LogP contribution in [0.4, 0.5) is 4.79 Å². The number of benzene rings is 1. The van der Waals surface area contributed by atoms with E-state index in [0.29, 0.717) is 23.6 Å². The Balaban J connectivity index is 1.62. The average molecular weight is 382 g/mol. The molecule has 1 fully saturated rings. The third-order valence-corrected chi connectivity index (χ3v) is 4.65. The predicted octanol–water partition coefficient (Wildman–Crippen LogP) is 0.0260. The van der Waals surface area contributed by atoms with Gasteiger partial charge in [-0.1, -0.05) is 19.1 Å². The minimum absolute atomic E-state index is 0.0000561. The summed E-state index contributed by atoms with van der Waals surface area (Å²) in [6.45, 7) is 4.27. The number of amides is 3. The van der Waals surface area contributed by atoms with E-state index in [9.17, 15) is 9.59 Å². The number of hydrogen-bond donors (Lipinski definition) is 1. The summed E-state index contributed by atoms with van der Waals surface area (Å²) in [5.41, 5.74) is 0.0787. The summed E-state index contributed by atoms with van der Waals surface area (Å²) in [6.07, 6.45) is 2.29. The molecule has 1 atom stereocenters. The first-order valence-electron chi connectivity index (χ1n) is 8.76. The number of nitrogens with zero attached hydrogens (tertiary/aromatic N) is 9. The van der Waals surface area contributed by atoms with E-state index in [0.717, 1.165) is 11.3 Å². The highest BCUT2D eigenvalue weighted by Crippen LogP contribution is 2.30. The molecular weight excluding hydrogens is 364 g/mol. The van der Waals surface area contributed by atoms with E-state index in [1.54, 1.807) is 35.9 Å². The Kier molecular flexibility index (Phi) is 4.29. The van der Waals surface area contributed by atoms with Crippen molar-refractivity contribution in [2.24, 2.45) is 0 Å². The zero-order valence-electron chi connectivity index (χ0n) is 15.3. The van der Waals surface area contributed by atoms with E-state index < -0.39 is 11.6 Å². The van der Waals surface area contributed by atoms with E-state index in [-0.39, 0.29) is 12.5 Å². The van der Waals surface area contributed by atoms with Crippen LogP contribution in [0, 0.1) is 0 Å². The van der Waals surface area contributed by atoms with Crippen molar-refractivity contribution in [2.75, 3.05) is 0 Å². The molecule has 3 aromatic rings. The molecule has 0 bridgehead atoms. The maximum absolute atomic E-state index is 13.1. The van der Waals surface area contributed by atoms with Gasteiger partial charge in [-0.05, 0) is 51.9 Å². The molecule has 1 aliphatic rings. The first-order valence-corrected chi connectivity index (χ1v) is 8.76. The van der Waals surface area contributed by atoms with E-state index >= 15 is 0 Å². The van der Waals surface area contributed by atoms with E-state index in [1.165, 1.54) is 11.0 Å². The van der Waals surface area contributed by atoms with Gasteiger partial charge in [0.1, 0.15) is 11.9 Å².